The molecular weight excluding hydrogens is 204 g/mol. The van der Waals surface area contributed by atoms with Crippen molar-refractivity contribution in [1.82, 2.24) is 4.90 Å². The fraction of sp³-hybridized carbons (Fsp3) is 0.917. The van der Waals surface area contributed by atoms with Crippen LogP contribution >= 0.6 is 0 Å². The van der Waals surface area contributed by atoms with Gasteiger partial charge in [0.1, 0.15) is 5.54 Å². The number of carboxylic acid groups (broad SMARTS) is 1. The van der Waals surface area contributed by atoms with E-state index in [0.29, 0.717) is 18.9 Å². The summed E-state index contributed by atoms with van der Waals surface area (Å²) in [6.07, 6.45) is 7.77. The van der Waals surface area contributed by atoms with Gasteiger partial charge in [0.2, 0.25) is 0 Å². The molecule has 4 nitrogen and oxygen atoms in total. The van der Waals surface area contributed by atoms with Crippen molar-refractivity contribution < 1.29 is 9.90 Å². The molecule has 0 aromatic rings. The Balaban J connectivity index is 1.87. The number of likely N-dealkylation sites (tertiary alicyclic amines) is 1. The van der Waals surface area contributed by atoms with Crippen molar-refractivity contribution in [2.75, 3.05) is 13.1 Å². The summed E-state index contributed by atoms with van der Waals surface area (Å²) < 4.78 is 0. The summed E-state index contributed by atoms with van der Waals surface area (Å²) >= 11 is 0. The normalized spacial score (nSPS) is 27.8. The van der Waals surface area contributed by atoms with Gasteiger partial charge in [0, 0.05) is 19.1 Å². The average molecular weight is 226 g/mol. The zero-order valence-electron chi connectivity index (χ0n) is 9.82. The first kappa shape index (κ1) is 11.9. The van der Waals surface area contributed by atoms with Crippen molar-refractivity contribution in [3.05, 3.63) is 0 Å². The summed E-state index contributed by atoms with van der Waals surface area (Å²) in [6, 6.07) is 0.687. The van der Waals surface area contributed by atoms with Gasteiger partial charge in [-0.2, -0.15) is 0 Å². The molecule has 0 aromatic heterocycles. The smallest absolute Gasteiger partial charge is 0.323 e. The van der Waals surface area contributed by atoms with Crippen molar-refractivity contribution in [2.24, 2.45) is 5.73 Å². The number of carbonyl (C=O) groups is 1. The number of carboxylic acids is 1. The van der Waals surface area contributed by atoms with Crippen molar-refractivity contribution in [3.8, 4) is 0 Å². The lowest BCUT2D eigenvalue weighted by Crippen LogP contribution is -2.57. The van der Waals surface area contributed by atoms with E-state index in [0.717, 1.165) is 13.1 Å². The van der Waals surface area contributed by atoms with Gasteiger partial charge in [-0.3, -0.25) is 4.79 Å². The third-order valence-corrected chi connectivity index (χ3v) is 4.21. The third-order valence-electron chi connectivity index (χ3n) is 4.21. The zero-order chi connectivity index (χ0) is 11.6. The Bertz CT molecular complexity index is 254. The highest BCUT2D eigenvalue weighted by Gasteiger charge is 2.39. The zero-order valence-corrected chi connectivity index (χ0v) is 9.82. The Hall–Kier alpha value is -0.610. The lowest BCUT2D eigenvalue weighted by atomic mass is 9.86. The average Bonchev–Trinajstić information content (AvgIpc) is 2.31. The van der Waals surface area contributed by atoms with Gasteiger partial charge in [0.15, 0.2) is 0 Å². The SMILES string of the molecule is NC1(C(=O)O)CCN(C2CCCCC2)CC1. The summed E-state index contributed by atoms with van der Waals surface area (Å²) in [5, 5.41) is 9.05. The standard InChI is InChI=1S/C12H22N2O2/c13-12(11(15)16)6-8-14(9-7-12)10-4-2-1-3-5-10/h10H,1-9,13H2,(H,15,16). The fourth-order valence-corrected chi connectivity index (χ4v) is 2.95. The molecule has 1 saturated carbocycles. The molecule has 1 saturated heterocycles. The van der Waals surface area contributed by atoms with Crippen LogP contribution in [0.5, 0.6) is 0 Å². The van der Waals surface area contributed by atoms with Gasteiger partial charge in [0.25, 0.3) is 0 Å². The van der Waals surface area contributed by atoms with E-state index in [2.05, 4.69) is 4.90 Å². The van der Waals surface area contributed by atoms with Crippen LogP contribution in [0, 0.1) is 0 Å². The maximum absolute atomic E-state index is 11.0. The number of nitrogens with two attached hydrogens (primary N) is 1. The summed E-state index contributed by atoms with van der Waals surface area (Å²) in [6.45, 7) is 1.71. The molecule has 0 unspecified atom stereocenters. The van der Waals surface area contributed by atoms with E-state index in [1.165, 1.54) is 32.1 Å². The Morgan fingerprint density at radius 3 is 2.25 bits per heavy atom. The van der Waals surface area contributed by atoms with E-state index in [1.807, 2.05) is 0 Å². The van der Waals surface area contributed by atoms with Crippen molar-refractivity contribution in [1.29, 1.82) is 0 Å². The molecule has 2 aliphatic rings. The molecule has 16 heavy (non-hydrogen) atoms. The lowest BCUT2D eigenvalue weighted by Gasteiger charge is -2.41. The molecular formula is C12H22N2O2. The predicted molar refractivity (Wildman–Crippen MR) is 62.2 cm³/mol. The van der Waals surface area contributed by atoms with Gasteiger partial charge in [0.05, 0.1) is 0 Å². The van der Waals surface area contributed by atoms with Crippen molar-refractivity contribution in [2.45, 2.75) is 56.5 Å². The van der Waals surface area contributed by atoms with Crippen LogP contribution in [0.3, 0.4) is 0 Å². The molecule has 2 fully saturated rings. The quantitative estimate of drug-likeness (QED) is 0.742. The summed E-state index contributed by atoms with van der Waals surface area (Å²) in [7, 11) is 0. The third kappa shape index (κ3) is 2.38. The first-order chi connectivity index (χ1) is 7.62. The minimum absolute atomic E-state index is 0.596. The molecule has 1 aliphatic heterocycles. The number of hydrogen-bond acceptors (Lipinski definition) is 3. The number of rotatable bonds is 2. The van der Waals surface area contributed by atoms with E-state index in [4.69, 9.17) is 10.8 Å². The maximum atomic E-state index is 11.0. The van der Waals surface area contributed by atoms with Gasteiger partial charge in [-0.15, -0.1) is 0 Å². The predicted octanol–water partition coefficient (Wildman–Crippen LogP) is 1.20. The number of nitrogens with zero attached hydrogens (tertiary/aromatic N) is 1. The van der Waals surface area contributed by atoms with Crippen LogP contribution < -0.4 is 5.73 Å². The Morgan fingerprint density at radius 1 is 1.19 bits per heavy atom. The number of aliphatic carboxylic acids is 1. The molecule has 0 spiro atoms. The summed E-state index contributed by atoms with van der Waals surface area (Å²) in [5.41, 5.74) is 4.90. The van der Waals surface area contributed by atoms with Gasteiger partial charge in [-0.25, -0.2) is 0 Å². The topological polar surface area (TPSA) is 66.6 Å². The van der Waals surface area contributed by atoms with Crippen LogP contribution in [-0.2, 0) is 4.79 Å². The molecule has 2 rings (SSSR count). The fourth-order valence-electron chi connectivity index (χ4n) is 2.95. The molecule has 0 bridgehead atoms. The van der Waals surface area contributed by atoms with Gasteiger partial charge in [-0.05, 0) is 25.7 Å². The molecule has 0 aromatic carbocycles. The molecule has 1 heterocycles. The van der Waals surface area contributed by atoms with E-state index in [1.54, 1.807) is 0 Å². The van der Waals surface area contributed by atoms with Crippen LogP contribution in [0.2, 0.25) is 0 Å². The van der Waals surface area contributed by atoms with Crippen LogP contribution in [0.4, 0.5) is 0 Å². The first-order valence-corrected chi connectivity index (χ1v) is 6.38. The maximum Gasteiger partial charge on any atom is 0.323 e. The first-order valence-electron chi connectivity index (χ1n) is 6.38. The molecule has 0 amide bonds. The molecule has 3 N–H and O–H groups in total. The van der Waals surface area contributed by atoms with E-state index in [9.17, 15) is 4.79 Å². The van der Waals surface area contributed by atoms with Crippen LogP contribution in [0.25, 0.3) is 0 Å². The van der Waals surface area contributed by atoms with Crippen LogP contribution in [-0.4, -0.2) is 40.6 Å². The Kier molecular flexibility index (Phi) is 3.50. The summed E-state index contributed by atoms with van der Waals surface area (Å²) in [4.78, 5) is 13.5. The Labute approximate surface area is 96.8 Å². The largest absolute Gasteiger partial charge is 0.480 e. The van der Waals surface area contributed by atoms with E-state index >= 15 is 0 Å². The monoisotopic (exact) mass is 226 g/mol. The van der Waals surface area contributed by atoms with Gasteiger partial charge >= 0.3 is 5.97 Å². The second-order valence-electron chi connectivity index (χ2n) is 5.29. The molecule has 1 aliphatic carbocycles. The number of piperidine rings is 1. The molecule has 4 heteroatoms. The van der Waals surface area contributed by atoms with E-state index < -0.39 is 11.5 Å². The van der Waals surface area contributed by atoms with Crippen LogP contribution in [0.1, 0.15) is 44.9 Å². The van der Waals surface area contributed by atoms with E-state index in [-0.39, 0.29) is 0 Å². The molecule has 92 valence electrons. The molecule has 0 atom stereocenters. The minimum Gasteiger partial charge on any atom is -0.480 e. The van der Waals surface area contributed by atoms with Gasteiger partial charge < -0.3 is 15.7 Å². The second-order valence-corrected chi connectivity index (χ2v) is 5.29. The lowest BCUT2D eigenvalue weighted by molar-refractivity contribution is -0.145. The second kappa shape index (κ2) is 4.72. The highest BCUT2D eigenvalue weighted by molar-refractivity contribution is 5.78. The Morgan fingerprint density at radius 2 is 1.75 bits per heavy atom. The van der Waals surface area contributed by atoms with Crippen LogP contribution in [0.15, 0.2) is 0 Å². The molecule has 0 radical (unpaired) electrons. The highest BCUT2D eigenvalue weighted by Crippen LogP contribution is 2.27. The van der Waals surface area contributed by atoms with Gasteiger partial charge in [-0.1, -0.05) is 19.3 Å². The number of hydrogen-bond donors (Lipinski definition) is 2. The summed E-state index contributed by atoms with van der Waals surface area (Å²) in [5.74, 6) is -0.837. The van der Waals surface area contributed by atoms with Crippen molar-refractivity contribution >= 4 is 5.97 Å². The highest BCUT2D eigenvalue weighted by atomic mass is 16.4. The minimum atomic E-state index is -0.967. The van der Waals surface area contributed by atoms with Crippen molar-refractivity contribution in [3.63, 3.8) is 0 Å².